The van der Waals surface area contributed by atoms with Crippen molar-refractivity contribution in [3.05, 3.63) is 218 Å². The molecule has 0 aliphatic heterocycles. The predicted octanol–water partition coefficient (Wildman–Crippen LogP) is 15.8. The van der Waals surface area contributed by atoms with Crippen LogP contribution in [0.2, 0.25) is 0 Å². The van der Waals surface area contributed by atoms with E-state index in [2.05, 4.69) is 228 Å². The number of nitrogens with zero attached hydrogens (tertiary/aromatic N) is 2. The van der Waals surface area contributed by atoms with Crippen molar-refractivity contribution < 1.29 is 4.42 Å². The maximum absolute atomic E-state index is 6.99. The Morgan fingerprint density at radius 2 is 0.983 bits per heavy atom. The zero-order chi connectivity index (χ0) is 38.9. The fourth-order valence-corrected chi connectivity index (χ4v) is 9.40. The van der Waals surface area contributed by atoms with E-state index in [1.807, 2.05) is 0 Å². The van der Waals surface area contributed by atoms with Gasteiger partial charge < -0.3 is 13.9 Å². The van der Waals surface area contributed by atoms with Gasteiger partial charge in [0.1, 0.15) is 11.2 Å². The summed E-state index contributed by atoms with van der Waals surface area (Å²) in [5, 5.41) is 9.62. The van der Waals surface area contributed by atoms with Crippen molar-refractivity contribution in [3.8, 4) is 27.9 Å². The Labute approximate surface area is 341 Å². The molecule has 0 unspecified atom stereocenters. The molecule has 0 aliphatic carbocycles. The number of fused-ring (bicyclic) bond motifs is 9. The second kappa shape index (κ2) is 13.4. The average molecular weight is 753 g/mol. The van der Waals surface area contributed by atoms with Crippen LogP contribution in [0.4, 0.5) is 17.1 Å². The van der Waals surface area contributed by atoms with Crippen LogP contribution in [0.25, 0.3) is 93.2 Å². The third kappa shape index (κ3) is 5.22. The van der Waals surface area contributed by atoms with Gasteiger partial charge in [0.25, 0.3) is 0 Å². The first-order valence-corrected chi connectivity index (χ1v) is 20.2. The van der Waals surface area contributed by atoms with E-state index in [4.69, 9.17) is 4.42 Å². The van der Waals surface area contributed by atoms with Crippen LogP contribution in [0.5, 0.6) is 0 Å². The van der Waals surface area contributed by atoms with E-state index in [9.17, 15) is 0 Å². The van der Waals surface area contributed by atoms with Gasteiger partial charge in [-0.1, -0.05) is 152 Å². The molecule has 0 N–H and O–H groups in total. The summed E-state index contributed by atoms with van der Waals surface area (Å²) in [6, 6.07) is 78.7. The summed E-state index contributed by atoms with van der Waals surface area (Å²) in [5.74, 6) is 0. The van der Waals surface area contributed by atoms with E-state index in [1.165, 1.54) is 37.9 Å². The maximum Gasteiger partial charge on any atom is 0.145 e. The molecule has 59 heavy (non-hydrogen) atoms. The van der Waals surface area contributed by atoms with Gasteiger partial charge in [-0.25, -0.2) is 0 Å². The van der Waals surface area contributed by atoms with Crippen molar-refractivity contribution in [3.63, 3.8) is 0 Å². The van der Waals surface area contributed by atoms with Crippen molar-refractivity contribution in [1.29, 1.82) is 0 Å². The van der Waals surface area contributed by atoms with Gasteiger partial charge in [0.05, 0.1) is 28.0 Å². The number of anilines is 3. The fourth-order valence-electron chi connectivity index (χ4n) is 9.40. The molecule has 0 saturated heterocycles. The summed E-state index contributed by atoms with van der Waals surface area (Å²) in [4.78, 5) is 2.40. The molecule has 0 aliphatic rings. The molecule has 0 radical (unpaired) electrons. The maximum atomic E-state index is 6.99. The van der Waals surface area contributed by atoms with Crippen LogP contribution in [0.15, 0.2) is 223 Å². The molecule has 276 valence electrons. The summed E-state index contributed by atoms with van der Waals surface area (Å²) in [6.07, 6.45) is 0. The predicted molar refractivity (Wildman–Crippen MR) is 249 cm³/mol. The highest BCUT2D eigenvalue weighted by Gasteiger charge is 2.26. The molecule has 2 heterocycles. The van der Waals surface area contributed by atoms with Crippen molar-refractivity contribution in [2.45, 2.75) is 0 Å². The Bertz CT molecular complexity index is 3520. The quantitative estimate of drug-likeness (QED) is 0.158. The lowest BCUT2D eigenvalue weighted by molar-refractivity contribution is 0.670. The molecule has 0 atom stereocenters. The Morgan fingerprint density at radius 3 is 1.78 bits per heavy atom. The normalized spacial score (nSPS) is 11.7. The SMILES string of the molecule is c1ccc(N(c2cccc(-c3cc4ccccc4c4ccccc34)c2)c2ccc3c(oc4ccccc43)c2-c2ccccc2-n2c3ccccc3c3ccccc32)cc1. The van der Waals surface area contributed by atoms with Crippen molar-refractivity contribution in [1.82, 2.24) is 4.57 Å². The van der Waals surface area contributed by atoms with Crippen LogP contribution in [-0.2, 0) is 0 Å². The lowest BCUT2D eigenvalue weighted by Crippen LogP contribution is -2.12. The highest BCUT2D eigenvalue weighted by Crippen LogP contribution is 2.49. The Kier molecular flexibility index (Phi) is 7.54. The molecular formula is C56H36N2O. The number of benzene rings is 10. The van der Waals surface area contributed by atoms with E-state index in [0.29, 0.717) is 0 Å². The lowest BCUT2D eigenvalue weighted by Gasteiger charge is -2.29. The van der Waals surface area contributed by atoms with Crippen LogP contribution >= 0.6 is 0 Å². The number of hydrogen-bond donors (Lipinski definition) is 0. The molecule has 10 aromatic carbocycles. The monoisotopic (exact) mass is 752 g/mol. The first kappa shape index (κ1) is 33.3. The van der Waals surface area contributed by atoms with Gasteiger partial charge in [0.15, 0.2) is 0 Å². The molecule has 3 nitrogen and oxygen atoms in total. The number of hydrogen-bond acceptors (Lipinski definition) is 2. The molecule has 0 bridgehead atoms. The van der Waals surface area contributed by atoms with Gasteiger partial charge in [-0.2, -0.15) is 0 Å². The minimum Gasteiger partial charge on any atom is -0.455 e. The van der Waals surface area contributed by atoms with Gasteiger partial charge in [-0.05, 0) is 99.4 Å². The number of para-hydroxylation sites is 5. The van der Waals surface area contributed by atoms with E-state index < -0.39 is 0 Å². The average Bonchev–Trinajstić information content (AvgIpc) is 3.85. The van der Waals surface area contributed by atoms with Crippen LogP contribution in [0.3, 0.4) is 0 Å². The Hall–Kier alpha value is -7.88. The molecule has 0 fully saturated rings. The van der Waals surface area contributed by atoms with Gasteiger partial charge in [0, 0.05) is 38.5 Å². The molecule has 0 saturated carbocycles. The number of rotatable bonds is 6. The van der Waals surface area contributed by atoms with E-state index in [0.717, 1.165) is 72.4 Å². The smallest absolute Gasteiger partial charge is 0.145 e. The molecule has 0 amide bonds. The van der Waals surface area contributed by atoms with Crippen molar-refractivity contribution in [2.24, 2.45) is 0 Å². The first-order chi connectivity index (χ1) is 29.3. The molecule has 3 heteroatoms. The van der Waals surface area contributed by atoms with Crippen LogP contribution in [0, 0.1) is 0 Å². The molecule has 12 aromatic rings. The van der Waals surface area contributed by atoms with Crippen LogP contribution < -0.4 is 4.90 Å². The highest BCUT2D eigenvalue weighted by atomic mass is 16.3. The Morgan fingerprint density at radius 1 is 0.373 bits per heavy atom. The highest BCUT2D eigenvalue weighted by molar-refractivity contribution is 6.16. The topological polar surface area (TPSA) is 21.3 Å². The second-order valence-corrected chi connectivity index (χ2v) is 15.2. The standard InChI is InChI=1S/C56H36N2O/c1-2-19-39(20-3-1)57(40-21-16-18-37(35-40)49-36-38-17-4-5-22-41(38)42-23-6-7-24-43(42)49)53-34-33-47-46-27-11-15-32-54(46)59-56(47)55(53)48-28-10-14-31-52(48)58-50-29-12-8-25-44(50)45-26-9-13-30-51(45)58/h1-36H. The summed E-state index contributed by atoms with van der Waals surface area (Å²) in [7, 11) is 0. The third-order valence-corrected chi connectivity index (χ3v) is 12.0. The molecular weight excluding hydrogens is 717 g/mol. The summed E-state index contributed by atoms with van der Waals surface area (Å²) < 4.78 is 9.41. The number of aromatic nitrogens is 1. The molecule has 2 aromatic heterocycles. The fraction of sp³-hybridized carbons (Fsp3) is 0. The van der Waals surface area contributed by atoms with Gasteiger partial charge in [-0.15, -0.1) is 0 Å². The zero-order valence-electron chi connectivity index (χ0n) is 32.1. The van der Waals surface area contributed by atoms with Gasteiger partial charge >= 0.3 is 0 Å². The van der Waals surface area contributed by atoms with E-state index in [-0.39, 0.29) is 0 Å². The summed E-state index contributed by atoms with van der Waals surface area (Å²) >= 11 is 0. The van der Waals surface area contributed by atoms with Crippen molar-refractivity contribution >= 4 is 82.4 Å². The molecule has 12 rings (SSSR count). The van der Waals surface area contributed by atoms with Crippen LogP contribution in [0.1, 0.15) is 0 Å². The molecule has 0 spiro atoms. The summed E-state index contributed by atoms with van der Waals surface area (Å²) in [5.41, 5.74) is 12.7. The lowest BCUT2D eigenvalue weighted by atomic mass is 9.93. The zero-order valence-corrected chi connectivity index (χ0v) is 32.1. The third-order valence-electron chi connectivity index (χ3n) is 12.0. The number of furan rings is 1. The minimum atomic E-state index is 0.856. The second-order valence-electron chi connectivity index (χ2n) is 15.2. The van der Waals surface area contributed by atoms with E-state index >= 15 is 0 Å². The van der Waals surface area contributed by atoms with Gasteiger partial charge in [-0.3, -0.25) is 0 Å². The largest absolute Gasteiger partial charge is 0.455 e. The first-order valence-electron chi connectivity index (χ1n) is 20.2. The summed E-state index contributed by atoms with van der Waals surface area (Å²) in [6.45, 7) is 0. The van der Waals surface area contributed by atoms with Gasteiger partial charge in [0.2, 0.25) is 0 Å². The van der Waals surface area contributed by atoms with Crippen molar-refractivity contribution in [2.75, 3.05) is 4.90 Å². The Balaban J connectivity index is 1.16. The van der Waals surface area contributed by atoms with E-state index in [1.54, 1.807) is 0 Å². The minimum absolute atomic E-state index is 0.856. The van der Waals surface area contributed by atoms with Crippen LogP contribution in [-0.4, -0.2) is 4.57 Å².